The van der Waals surface area contributed by atoms with Crippen molar-refractivity contribution in [3.8, 4) is 0 Å². The Balaban J connectivity index is 2.77. The van der Waals surface area contributed by atoms with Gasteiger partial charge < -0.3 is 20.3 Å². The number of amides is 2. The fourth-order valence-corrected chi connectivity index (χ4v) is 2.76. The van der Waals surface area contributed by atoms with Gasteiger partial charge in [0.1, 0.15) is 5.60 Å². The van der Waals surface area contributed by atoms with Crippen LogP contribution in [0.3, 0.4) is 0 Å². The van der Waals surface area contributed by atoms with Crippen molar-refractivity contribution in [3.05, 3.63) is 0 Å². The van der Waals surface area contributed by atoms with Crippen LogP contribution in [0.15, 0.2) is 0 Å². The van der Waals surface area contributed by atoms with Crippen LogP contribution >= 0.6 is 0 Å². The summed E-state index contributed by atoms with van der Waals surface area (Å²) in [5.41, 5.74) is 5.44. The van der Waals surface area contributed by atoms with Gasteiger partial charge in [0.2, 0.25) is 5.91 Å². The van der Waals surface area contributed by atoms with Crippen molar-refractivity contribution < 1.29 is 14.3 Å². The van der Waals surface area contributed by atoms with Gasteiger partial charge in [-0.05, 0) is 47.0 Å². The van der Waals surface area contributed by atoms with Gasteiger partial charge in [0.25, 0.3) is 0 Å². The van der Waals surface area contributed by atoms with E-state index >= 15 is 0 Å². The predicted molar refractivity (Wildman–Crippen MR) is 91.0 cm³/mol. The molecule has 1 saturated heterocycles. The summed E-state index contributed by atoms with van der Waals surface area (Å²) in [6.45, 7) is 14.5. The van der Waals surface area contributed by atoms with Crippen LogP contribution in [0.25, 0.3) is 0 Å². The van der Waals surface area contributed by atoms with Crippen molar-refractivity contribution >= 4 is 12.0 Å². The summed E-state index contributed by atoms with van der Waals surface area (Å²) in [5, 5.41) is 0. The molecular weight excluding hydrogens is 294 g/mol. The van der Waals surface area contributed by atoms with E-state index in [-0.39, 0.29) is 30.0 Å². The molecule has 0 aromatic rings. The van der Waals surface area contributed by atoms with Crippen LogP contribution < -0.4 is 5.73 Å². The molecule has 0 saturated carbocycles. The monoisotopic (exact) mass is 327 g/mol. The van der Waals surface area contributed by atoms with Crippen molar-refractivity contribution in [2.45, 2.75) is 78.6 Å². The Morgan fingerprint density at radius 2 is 1.78 bits per heavy atom. The van der Waals surface area contributed by atoms with E-state index in [1.165, 1.54) is 0 Å². The van der Waals surface area contributed by atoms with Crippen LogP contribution in [0.1, 0.15) is 54.9 Å². The van der Waals surface area contributed by atoms with Crippen molar-refractivity contribution in [2.24, 2.45) is 11.7 Å². The molecule has 1 fully saturated rings. The van der Waals surface area contributed by atoms with Crippen LogP contribution in [0.4, 0.5) is 4.79 Å². The lowest BCUT2D eigenvalue weighted by molar-refractivity contribution is -0.132. The van der Waals surface area contributed by atoms with Crippen molar-refractivity contribution in [1.29, 1.82) is 0 Å². The average molecular weight is 327 g/mol. The van der Waals surface area contributed by atoms with E-state index < -0.39 is 11.6 Å². The van der Waals surface area contributed by atoms with Gasteiger partial charge in [-0.1, -0.05) is 13.8 Å². The highest BCUT2D eigenvalue weighted by Gasteiger charge is 2.37. The molecule has 6 nitrogen and oxygen atoms in total. The van der Waals surface area contributed by atoms with Crippen LogP contribution in [-0.4, -0.2) is 58.6 Å². The van der Waals surface area contributed by atoms with Gasteiger partial charge in [0.15, 0.2) is 0 Å². The molecule has 0 aromatic carbocycles. The molecule has 2 atom stereocenters. The van der Waals surface area contributed by atoms with Crippen molar-refractivity contribution in [1.82, 2.24) is 9.80 Å². The van der Waals surface area contributed by atoms with Crippen LogP contribution in [0.2, 0.25) is 0 Å². The molecule has 2 amide bonds. The molecule has 0 radical (unpaired) electrons. The topological polar surface area (TPSA) is 75.9 Å². The number of nitrogens with two attached hydrogens (primary N) is 1. The van der Waals surface area contributed by atoms with E-state index in [1.54, 1.807) is 9.80 Å². The SMILES string of the molecule is CC(C)[C@H](N)C(=O)N1CC[C@H](N(C(=O)OC(C)(C)C)C(C)C)C1. The number of nitrogens with zero attached hydrogens (tertiary/aromatic N) is 2. The predicted octanol–water partition coefficient (Wildman–Crippen LogP) is 2.22. The van der Waals surface area contributed by atoms with Gasteiger partial charge in [-0.15, -0.1) is 0 Å². The first-order valence-corrected chi connectivity index (χ1v) is 8.49. The maximum Gasteiger partial charge on any atom is 0.410 e. The third kappa shape index (κ3) is 5.37. The first kappa shape index (κ1) is 19.7. The fraction of sp³-hybridized carbons (Fsp3) is 0.882. The Bertz CT molecular complexity index is 429. The van der Waals surface area contributed by atoms with Crippen molar-refractivity contribution in [3.63, 3.8) is 0 Å². The molecule has 23 heavy (non-hydrogen) atoms. The molecule has 0 bridgehead atoms. The Morgan fingerprint density at radius 1 is 1.22 bits per heavy atom. The minimum absolute atomic E-state index is 0.0173. The Morgan fingerprint density at radius 3 is 2.22 bits per heavy atom. The van der Waals surface area contributed by atoms with Gasteiger partial charge in [-0.3, -0.25) is 4.79 Å². The summed E-state index contributed by atoms with van der Waals surface area (Å²) in [7, 11) is 0. The maximum absolute atomic E-state index is 12.5. The highest BCUT2D eigenvalue weighted by Crippen LogP contribution is 2.22. The number of hydrogen-bond donors (Lipinski definition) is 1. The summed E-state index contributed by atoms with van der Waals surface area (Å²) in [6, 6.07) is -0.486. The van der Waals surface area contributed by atoms with Gasteiger partial charge in [-0.2, -0.15) is 0 Å². The number of hydrogen-bond acceptors (Lipinski definition) is 4. The second-order valence-corrected chi connectivity index (χ2v) is 7.98. The average Bonchev–Trinajstić information content (AvgIpc) is 2.83. The summed E-state index contributed by atoms with van der Waals surface area (Å²) >= 11 is 0. The molecular formula is C17H33N3O3. The van der Waals surface area contributed by atoms with E-state index in [1.807, 2.05) is 48.5 Å². The van der Waals surface area contributed by atoms with Gasteiger partial charge in [0, 0.05) is 19.1 Å². The van der Waals surface area contributed by atoms with Crippen molar-refractivity contribution in [2.75, 3.05) is 13.1 Å². The molecule has 1 aliphatic heterocycles. The summed E-state index contributed by atoms with van der Waals surface area (Å²) in [6.07, 6.45) is 0.438. The van der Waals surface area contributed by atoms with E-state index in [9.17, 15) is 9.59 Å². The highest BCUT2D eigenvalue weighted by molar-refractivity contribution is 5.82. The third-order valence-corrected chi connectivity index (χ3v) is 4.03. The second-order valence-electron chi connectivity index (χ2n) is 7.98. The smallest absolute Gasteiger partial charge is 0.410 e. The first-order valence-electron chi connectivity index (χ1n) is 8.49. The highest BCUT2D eigenvalue weighted by atomic mass is 16.6. The van der Waals surface area contributed by atoms with Gasteiger partial charge >= 0.3 is 6.09 Å². The quantitative estimate of drug-likeness (QED) is 0.859. The molecule has 1 aliphatic rings. The Hall–Kier alpha value is -1.30. The maximum atomic E-state index is 12.5. The van der Waals surface area contributed by atoms with E-state index in [0.717, 1.165) is 6.42 Å². The Labute approximate surface area is 140 Å². The largest absolute Gasteiger partial charge is 0.444 e. The van der Waals surface area contributed by atoms with E-state index in [4.69, 9.17) is 10.5 Å². The molecule has 1 heterocycles. The molecule has 1 rings (SSSR count). The molecule has 0 unspecified atom stereocenters. The van der Waals surface area contributed by atoms with Gasteiger partial charge in [0.05, 0.1) is 12.1 Å². The Kier molecular flexibility index (Phi) is 6.45. The molecule has 2 N–H and O–H groups in total. The zero-order valence-corrected chi connectivity index (χ0v) is 15.6. The molecule has 0 aromatic heterocycles. The summed E-state index contributed by atoms with van der Waals surface area (Å²) in [5.74, 6) is 0.0732. The fourth-order valence-electron chi connectivity index (χ4n) is 2.76. The normalized spacial score (nSPS) is 20.1. The van der Waals surface area contributed by atoms with E-state index in [0.29, 0.717) is 13.1 Å². The standard InChI is InChI=1S/C17H33N3O3/c1-11(2)14(18)15(21)19-9-8-13(10-19)20(12(3)4)16(22)23-17(5,6)7/h11-14H,8-10,18H2,1-7H3/t13-,14-/m0/s1. The number of ether oxygens (including phenoxy) is 1. The zero-order valence-electron chi connectivity index (χ0n) is 15.6. The zero-order chi connectivity index (χ0) is 17.9. The first-order chi connectivity index (χ1) is 10.4. The van der Waals surface area contributed by atoms with Gasteiger partial charge in [-0.25, -0.2) is 4.79 Å². The lowest BCUT2D eigenvalue weighted by atomic mass is 10.0. The molecule has 0 spiro atoms. The molecule has 134 valence electrons. The minimum atomic E-state index is -0.529. The number of carbonyl (C=O) groups excluding carboxylic acids is 2. The van der Waals surface area contributed by atoms with Crippen LogP contribution in [0, 0.1) is 5.92 Å². The summed E-state index contributed by atoms with van der Waals surface area (Å²) < 4.78 is 5.51. The number of rotatable bonds is 4. The number of carbonyl (C=O) groups is 2. The third-order valence-electron chi connectivity index (χ3n) is 4.03. The summed E-state index contributed by atoms with van der Waals surface area (Å²) in [4.78, 5) is 28.4. The number of likely N-dealkylation sites (tertiary alicyclic amines) is 1. The molecule has 6 heteroatoms. The lowest BCUT2D eigenvalue weighted by Gasteiger charge is -2.34. The minimum Gasteiger partial charge on any atom is -0.444 e. The van der Waals surface area contributed by atoms with Crippen LogP contribution in [0.5, 0.6) is 0 Å². The van der Waals surface area contributed by atoms with Crippen LogP contribution in [-0.2, 0) is 9.53 Å². The lowest BCUT2D eigenvalue weighted by Crippen LogP contribution is -2.50. The second kappa shape index (κ2) is 7.51. The molecule has 0 aliphatic carbocycles. The van der Waals surface area contributed by atoms with E-state index in [2.05, 4.69) is 0 Å².